The minimum atomic E-state index is 0.491. The van der Waals surface area contributed by atoms with Crippen molar-refractivity contribution in [3.8, 4) is 0 Å². The van der Waals surface area contributed by atoms with Crippen LogP contribution in [0.2, 0.25) is 0 Å². The van der Waals surface area contributed by atoms with Gasteiger partial charge >= 0.3 is 0 Å². The first-order valence-electron chi connectivity index (χ1n) is 11.0. The van der Waals surface area contributed by atoms with E-state index in [1.807, 2.05) is 0 Å². The lowest BCUT2D eigenvalue weighted by atomic mass is 9.40. The zero-order valence-electron chi connectivity index (χ0n) is 16.8. The van der Waals surface area contributed by atoms with Crippen LogP contribution in [-0.2, 0) is 0 Å². The highest BCUT2D eigenvalue weighted by Gasteiger charge is 2.62. The van der Waals surface area contributed by atoms with E-state index in [2.05, 4.69) is 34.3 Å². The lowest BCUT2D eigenvalue weighted by Crippen LogP contribution is -2.57. The van der Waals surface area contributed by atoms with Gasteiger partial charge in [-0.15, -0.1) is 0 Å². The molecule has 0 aromatic carbocycles. The lowest BCUT2D eigenvalue weighted by molar-refractivity contribution is -0.154. The summed E-state index contributed by atoms with van der Waals surface area (Å²) in [5.41, 5.74) is 3.32. The van der Waals surface area contributed by atoms with E-state index in [-0.39, 0.29) is 0 Å². The van der Waals surface area contributed by atoms with Crippen LogP contribution in [0.5, 0.6) is 0 Å². The fraction of sp³-hybridized carbons (Fsp3) is 0.917. The highest BCUT2D eigenvalue weighted by molar-refractivity contribution is 5.22. The number of rotatable bonds is 2. The van der Waals surface area contributed by atoms with Crippen LogP contribution in [0.1, 0.15) is 98.3 Å². The summed E-state index contributed by atoms with van der Waals surface area (Å²) in [6.45, 7) is 14.8. The summed E-state index contributed by atoms with van der Waals surface area (Å²) in [5, 5.41) is 0. The van der Waals surface area contributed by atoms with Gasteiger partial charge in [0.05, 0.1) is 0 Å². The summed E-state index contributed by atoms with van der Waals surface area (Å²) < 4.78 is 0. The standard InChI is InChI=1S/C24H40/c1-6-7-18-10-15-24(5)21-12-14-23(4)17(2)8-9-20(23)19(21)11-13-22(24,3)16-18/h18-21H,2,6-16H2,1,3-5H3. The molecule has 136 valence electrons. The summed E-state index contributed by atoms with van der Waals surface area (Å²) >= 11 is 0. The second kappa shape index (κ2) is 5.62. The quantitative estimate of drug-likeness (QED) is 0.463. The lowest BCUT2D eigenvalue weighted by Gasteiger charge is -2.65. The summed E-state index contributed by atoms with van der Waals surface area (Å²) in [5.74, 6) is 3.98. The molecule has 0 bridgehead atoms. The van der Waals surface area contributed by atoms with Gasteiger partial charge in [0.25, 0.3) is 0 Å². The van der Waals surface area contributed by atoms with E-state index in [4.69, 9.17) is 0 Å². The van der Waals surface area contributed by atoms with Crippen molar-refractivity contribution in [2.24, 2.45) is 39.9 Å². The SMILES string of the molecule is C=C1CCC2C3CCC4(C)CC(CCC)CCC4(C)C3CCC12C. The first kappa shape index (κ1) is 17.2. The van der Waals surface area contributed by atoms with E-state index in [9.17, 15) is 0 Å². The zero-order valence-corrected chi connectivity index (χ0v) is 16.8. The molecular formula is C24H40. The molecule has 4 rings (SSSR count). The molecule has 4 aliphatic rings. The Hall–Kier alpha value is -0.260. The monoisotopic (exact) mass is 328 g/mol. The molecule has 0 amide bonds. The first-order chi connectivity index (χ1) is 11.3. The topological polar surface area (TPSA) is 0 Å². The number of allylic oxidation sites excluding steroid dienone is 1. The smallest absolute Gasteiger partial charge is 0.00879 e. The predicted octanol–water partition coefficient (Wildman–Crippen LogP) is 7.39. The van der Waals surface area contributed by atoms with Gasteiger partial charge in [-0.1, -0.05) is 52.7 Å². The molecule has 0 heterocycles. The second-order valence-corrected chi connectivity index (χ2v) is 10.9. The van der Waals surface area contributed by atoms with E-state index in [0.717, 1.165) is 23.7 Å². The van der Waals surface area contributed by atoms with E-state index in [1.54, 1.807) is 5.57 Å². The van der Waals surface area contributed by atoms with Crippen LogP contribution in [-0.4, -0.2) is 0 Å². The van der Waals surface area contributed by atoms with Crippen molar-refractivity contribution >= 4 is 0 Å². The van der Waals surface area contributed by atoms with Gasteiger partial charge in [-0.3, -0.25) is 0 Å². The maximum absolute atomic E-state index is 4.49. The molecule has 4 fully saturated rings. The first-order valence-corrected chi connectivity index (χ1v) is 11.0. The molecule has 0 aromatic rings. The van der Waals surface area contributed by atoms with Gasteiger partial charge in [0, 0.05) is 0 Å². The third kappa shape index (κ3) is 2.16. The maximum Gasteiger partial charge on any atom is -0.00879 e. The van der Waals surface area contributed by atoms with Crippen LogP contribution in [0, 0.1) is 39.9 Å². The fourth-order valence-electron chi connectivity index (χ4n) is 8.33. The average molecular weight is 329 g/mol. The van der Waals surface area contributed by atoms with Crippen LogP contribution in [0.25, 0.3) is 0 Å². The third-order valence-electron chi connectivity index (χ3n) is 10.1. The Balaban J connectivity index is 1.61. The van der Waals surface area contributed by atoms with Gasteiger partial charge in [-0.05, 0) is 97.7 Å². The van der Waals surface area contributed by atoms with Crippen molar-refractivity contribution in [1.82, 2.24) is 0 Å². The van der Waals surface area contributed by atoms with Crippen molar-refractivity contribution in [2.75, 3.05) is 0 Å². The Morgan fingerprint density at radius 2 is 1.75 bits per heavy atom. The predicted molar refractivity (Wildman–Crippen MR) is 104 cm³/mol. The van der Waals surface area contributed by atoms with Gasteiger partial charge in [0.1, 0.15) is 0 Å². The molecule has 24 heavy (non-hydrogen) atoms. The van der Waals surface area contributed by atoms with Gasteiger partial charge in [0.2, 0.25) is 0 Å². The van der Waals surface area contributed by atoms with E-state index in [1.165, 1.54) is 70.6 Å². The normalized spacial score (nSPS) is 54.1. The molecule has 0 radical (unpaired) electrons. The van der Waals surface area contributed by atoms with Crippen LogP contribution in [0.3, 0.4) is 0 Å². The van der Waals surface area contributed by atoms with Crippen molar-refractivity contribution in [3.63, 3.8) is 0 Å². The van der Waals surface area contributed by atoms with E-state index in [0.29, 0.717) is 16.2 Å². The average Bonchev–Trinajstić information content (AvgIpc) is 2.84. The van der Waals surface area contributed by atoms with E-state index < -0.39 is 0 Å². The summed E-state index contributed by atoms with van der Waals surface area (Å²) in [6.07, 6.45) is 16.1. The number of hydrogen-bond acceptors (Lipinski definition) is 0. The van der Waals surface area contributed by atoms with Crippen molar-refractivity contribution in [3.05, 3.63) is 12.2 Å². The minimum Gasteiger partial charge on any atom is -0.0993 e. The number of hydrogen-bond donors (Lipinski definition) is 0. The Kier molecular flexibility index (Phi) is 4.02. The highest BCUT2D eigenvalue weighted by Crippen LogP contribution is 2.71. The second-order valence-electron chi connectivity index (χ2n) is 10.9. The molecule has 0 heteroatoms. The fourth-order valence-corrected chi connectivity index (χ4v) is 8.33. The van der Waals surface area contributed by atoms with Gasteiger partial charge in [-0.2, -0.15) is 0 Å². The molecule has 0 aromatic heterocycles. The largest absolute Gasteiger partial charge is 0.0993 e. The molecule has 7 atom stereocenters. The van der Waals surface area contributed by atoms with Crippen LogP contribution in [0.4, 0.5) is 0 Å². The van der Waals surface area contributed by atoms with Crippen LogP contribution < -0.4 is 0 Å². The molecule has 0 N–H and O–H groups in total. The van der Waals surface area contributed by atoms with Crippen molar-refractivity contribution in [1.29, 1.82) is 0 Å². The van der Waals surface area contributed by atoms with Crippen molar-refractivity contribution in [2.45, 2.75) is 98.3 Å². The van der Waals surface area contributed by atoms with E-state index >= 15 is 0 Å². The number of fused-ring (bicyclic) bond motifs is 5. The molecule has 0 spiro atoms. The van der Waals surface area contributed by atoms with Gasteiger partial charge in [-0.25, -0.2) is 0 Å². The summed E-state index contributed by atoms with van der Waals surface area (Å²) in [4.78, 5) is 0. The third-order valence-corrected chi connectivity index (χ3v) is 10.1. The van der Waals surface area contributed by atoms with Crippen LogP contribution >= 0.6 is 0 Å². The Morgan fingerprint density at radius 1 is 0.958 bits per heavy atom. The Bertz CT molecular complexity index is 518. The van der Waals surface area contributed by atoms with Crippen molar-refractivity contribution < 1.29 is 0 Å². The molecule has 0 nitrogen and oxygen atoms in total. The van der Waals surface area contributed by atoms with Crippen LogP contribution in [0.15, 0.2) is 12.2 Å². The summed E-state index contributed by atoms with van der Waals surface area (Å²) in [6, 6.07) is 0. The molecule has 7 unspecified atom stereocenters. The molecule has 4 aliphatic carbocycles. The van der Waals surface area contributed by atoms with Gasteiger partial charge < -0.3 is 0 Å². The zero-order chi connectivity index (χ0) is 17.2. The highest BCUT2D eigenvalue weighted by atomic mass is 14.7. The van der Waals surface area contributed by atoms with Gasteiger partial charge in [0.15, 0.2) is 0 Å². The molecule has 4 saturated carbocycles. The molecule has 0 saturated heterocycles. The Labute approximate surface area is 150 Å². The summed E-state index contributed by atoms with van der Waals surface area (Å²) in [7, 11) is 0. The molecule has 0 aliphatic heterocycles. The molecular weight excluding hydrogens is 288 g/mol. The maximum atomic E-state index is 4.49. The Morgan fingerprint density at radius 3 is 2.50 bits per heavy atom. The minimum absolute atomic E-state index is 0.491.